The first-order valence-corrected chi connectivity index (χ1v) is 3.91. The Balaban J connectivity index is 3.29. The molecule has 0 saturated carbocycles. The third kappa shape index (κ3) is 2.31. The van der Waals surface area contributed by atoms with Crippen LogP contribution in [0.5, 0.6) is 0 Å². The number of aliphatic carboxylic acids is 2. The predicted octanol–water partition coefficient (Wildman–Crippen LogP) is -0.0794. The molecule has 1 rings (SSSR count). The van der Waals surface area contributed by atoms with Gasteiger partial charge in [-0.3, -0.25) is 4.98 Å². The second-order valence-corrected chi connectivity index (χ2v) is 2.61. The molecule has 0 spiro atoms. The van der Waals surface area contributed by atoms with Crippen molar-refractivity contribution in [3.05, 3.63) is 35.7 Å². The van der Waals surface area contributed by atoms with E-state index in [9.17, 15) is 9.59 Å². The lowest BCUT2D eigenvalue weighted by atomic mass is 10.1. The van der Waals surface area contributed by atoms with Crippen LogP contribution >= 0.6 is 0 Å². The molecule has 0 aliphatic rings. The molecule has 4 N–H and O–H groups in total. The zero-order chi connectivity index (χ0) is 11.4. The van der Waals surface area contributed by atoms with Crippen LogP contribution in [0.2, 0.25) is 0 Å². The van der Waals surface area contributed by atoms with Crippen LogP contribution in [0.15, 0.2) is 30.0 Å². The average molecular weight is 208 g/mol. The van der Waals surface area contributed by atoms with Crippen LogP contribution in [-0.4, -0.2) is 27.1 Å². The van der Waals surface area contributed by atoms with E-state index in [2.05, 4.69) is 4.98 Å². The fraction of sp³-hybridized carbons (Fsp3) is 0. The van der Waals surface area contributed by atoms with Gasteiger partial charge in [-0.25, -0.2) is 9.59 Å². The molecule has 1 aromatic heterocycles. The molecule has 0 radical (unpaired) electrons. The van der Waals surface area contributed by atoms with Crippen molar-refractivity contribution in [1.82, 2.24) is 4.98 Å². The molecule has 0 aliphatic heterocycles. The molecule has 1 heterocycles. The van der Waals surface area contributed by atoms with E-state index in [-0.39, 0.29) is 11.4 Å². The van der Waals surface area contributed by atoms with E-state index in [1.165, 1.54) is 12.3 Å². The van der Waals surface area contributed by atoms with Gasteiger partial charge < -0.3 is 15.9 Å². The molecule has 1 aromatic rings. The van der Waals surface area contributed by atoms with Crippen LogP contribution in [-0.2, 0) is 9.59 Å². The lowest BCUT2D eigenvalue weighted by Gasteiger charge is -2.02. The lowest BCUT2D eigenvalue weighted by Crippen LogP contribution is -2.17. The zero-order valence-corrected chi connectivity index (χ0v) is 7.54. The molecule has 0 saturated heterocycles. The van der Waals surface area contributed by atoms with Crippen LogP contribution in [0, 0.1) is 0 Å². The summed E-state index contributed by atoms with van der Waals surface area (Å²) in [5.41, 5.74) is 4.27. The second-order valence-electron chi connectivity index (χ2n) is 2.61. The normalized spacial score (nSPS) is 9.33. The van der Waals surface area contributed by atoms with Crippen LogP contribution in [0.4, 0.5) is 0 Å². The summed E-state index contributed by atoms with van der Waals surface area (Å²) in [7, 11) is 0. The minimum atomic E-state index is -1.59. The van der Waals surface area contributed by atoms with Crippen molar-refractivity contribution in [2.24, 2.45) is 5.73 Å². The van der Waals surface area contributed by atoms with Gasteiger partial charge in [-0.15, -0.1) is 0 Å². The SMILES string of the molecule is NC(=C(C(=O)O)C(=O)O)c1ccccn1. The van der Waals surface area contributed by atoms with Gasteiger partial charge in [0.15, 0.2) is 5.57 Å². The molecular weight excluding hydrogens is 200 g/mol. The Bertz CT molecular complexity index is 409. The van der Waals surface area contributed by atoms with Gasteiger partial charge in [0.05, 0.1) is 11.4 Å². The number of pyridine rings is 1. The number of nitrogens with zero attached hydrogens (tertiary/aromatic N) is 1. The van der Waals surface area contributed by atoms with Crippen LogP contribution < -0.4 is 5.73 Å². The van der Waals surface area contributed by atoms with E-state index < -0.39 is 17.5 Å². The number of carboxylic acid groups (broad SMARTS) is 2. The predicted molar refractivity (Wildman–Crippen MR) is 50.6 cm³/mol. The van der Waals surface area contributed by atoms with Gasteiger partial charge in [0.1, 0.15) is 0 Å². The third-order valence-corrected chi connectivity index (χ3v) is 1.64. The molecule has 0 aliphatic carbocycles. The maximum absolute atomic E-state index is 10.6. The molecule has 0 unspecified atom stereocenters. The van der Waals surface area contributed by atoms with E-state index in [1.54, 1.807) is 12.1 Å². The van der Waals surface area contributed by atoms with E-state index in [1.807, 2.05) is 0 Å². The summed E-state index contributed by atoms with van der Waals surface area (Å²) >= 11 is 0. The Morgan fingerprint density at radius 2 is 1.80 bits per heavy atom. The van der Waals surface area contributed by atoms with Crippen molar-refractivity contribution in [3.63, 3.8) is 0 Å². The smallest absolute Gasteiger partial charge is 0.345 e. The van der Waals surface area contributed by atoms with Gasteiger partial charge in [0.2, 0.25) is 0 Å². The zero-order valence-electron chi connectivity index (χ0n) is 7.54. The molecular formula is C9H8N2O4. The van der Waals surface area contributed by atoms with Gasteiger partial charge >= 0.3 is 11.9 Å². The lowest BCUT2D eigenvalue weighted by molar-refractivity contribution is -0.140. The van der Waals surface area contributed by atoms with Crippen molar-refractivity contribution in [2.45, 2.75) is 0 Å². The summed E-state index contributed by atoms with van der Waals surface area (Å²) < 4.78 is 0. The maximum atomic E-state index is 10.6. The van der Waals surface area contributed by atoms with Crippen molar-refractivity contribution in [3.8, 4) is 0 Å². The number of rotatable bonds is 3. The van der Waals surface area contributed by atoms with E-state index in [0.29, 0.717) is 0 Å². The van der Waals surface area contributed by atoms with Gasteiger partial charge in [0, 0.05) is 6.20 Å². The highest BCUT2D eigenvalue weighted by atomic mass is 16.4. The van der Waals surface area contributed by atoms with Crippen molar-refractivity contribution < 1.29 is 19.8 Å². The molecule has 0 fully saturated rings. The average Bonchev–Trinajstić information content (AvgIpc) is 2.18. The molecule has 0 bridgehead atoms. The van der Waals surface area contributed by atoms with Gasteiger partial charge in [-0.2, -0.15) is 0 Å². The fourth-order valence-electron chi connectivity index (χ4n) is 0.972. The summed E-state index contributed by atoms with van der Waals surface area (Å²) in [5, 5.41) is 17.3. The van der Waals surface area contributed by atoms with Crippen molar-refractivity contribution in [1.29, 1.82) is 0 Å². The molecule has 0 amide bonds. The van der Waals surface area contributed by atoms with Crippen LogP contribution in [0.1, 0.15) is 5.69 Å². The molecule has 6 nitrogen and oxygen atoms in total. The van der Waals surface area contributed by atoms with Gasteiger partial charge in [-0.1, -0.05) is 6.07 Å². The minimum Gasteiger partial charge on any atom is -0.477 e. The number of hydrogen-bond donors (Lipinski definition) is 3. The standard InChI is InChI=1S/C9H8N2O4/c10-7(5-3-1-2-4-11-5)6(8(12)13)9(14)15/h1-4H,10H2,(H,12,13)(H,14,15). The van der Waals surface area contributed by atoms with Crippen molar-refractivity contribution >= 4 is 17.6 Å². The fourth-order valence-corrected chi connectivity index (χ4v) is 0.972. The maximum Gasteiger partial charge on any atom is 0.345 e. The van der Waals surface area contributed by atoms with Crippen LogP contribution in [0.3, 0.4) is 0 Å². The van der Waals surface area contributed by atoms with Crippen LogP contribution in [0.25, 0.3) is 5.70 Å². The number of aromatic nitrogens is 1. The van der Waals surface area contributed by atoms with E-state index in [4.69, 9.17) is 15.9 Å². The second kappa shape index (κ2) is 4.23. The first-order valence-electron chi connectivity index (χ1n) is 3.91. The highest BCUT2D eigenvalue weighted by Gasteiger charge is 2.21. The number of hydrogen-bond acceptors (Lipinski definition) is 4. The molecule has 6 heteroatoms. The van der Waals surface area contributed by atoms with E-state index >= 15 is 0 Å². The highest BCUT2D eigenvalue weighted by Crippen LogP contribution is 2.11. The molecule has 78 valence electrons. The first-order chi connectivity index (χ1) is 7.04. The molecule has 0 atom stereocenters. The largest absolute Gasteiger partial charge is 0.477 e. The highest BCUT2D eigenvalue weighted by molar-refractivity contribution is 6.18. The summed E-state index contributed by atoms with van der Waals surface area (Å²) in [6, 6.07) is 4.62. The van der Waals surface area contributed by atoms with E-state index in [0.717, 1.165) is 0 Å². The van der Waals surface area contributed by atoms with Crippen molar-refractivity contribution in [2.75, 3.05) is 0 Å². The topological polar surface area (TPSA) is 114 Å². The number of carbonyl (C=O) groups is 2. The molecule has 15 heavy (non-hydrogen) atoms. The van der Waals surface area contributed by atoms with Gasteiger partial charge in [-0.05, 0) is 12.1 Å². The Kier molecular flexibility index (Phi) is 3.02. The quantitative estimate of drug-likeness (QED) is 0.363. The third-order valence-electron chi connectivity index (χ3n) is 1.64. The monoisotopic (exact) mass is 208 g/mol. The molecule has 0 aromatic carbocycles. The summed E-state index contributed by atoms with van der Waals surface area (Å²) in [5.74, 6) is -3.18. The Morgan fingerprint density at radius 3 is 2.20 bits per heavy atom. The summed E-state index contributed by atoms with van der Waals surface area (Å²) in [4.78, 5) is 25.0. The first kappa shape index (κ1) is 10.7. The minimum absolute atomic E-state index is 0.123. The summed E-state index contributed by atoms with van der Waals surface area (Å²) in [6.45, 7) is 0. The Morgan fingerprint density at radius 1 is 1.20 bits per heavy atom. The Hall–Kier alpha value is -2.37. The number of nitrogens with two attached hydrogens (primary N) is 1. The van der Waals surface area contributed by atoms with Gasteiger partial charge in [0.25, 0.3) is 0 Å². The summed E-state index contributed by atoms with van der Waals surface area (Å²) in [6.07, 6.45) is 1.39. The number of carboxylic acids is 2. The Labute approximate surface area is 84.7 Å².